The first kappa shape index (κ1) is 16.3. The highest BCUT2D eigenvalue weighted by Gasteiger charge is 2.09. The van der Waals surface area contributed by atoms with E-state index in [-0.39, 0.29) is 12.4 Å². The van der Waals surface area contributed by atoms with Crippen molar-refractivity contribution in [2.24, 2.45) is 0 Å². The second-order valence-electron chi connectivity index (χ2n) is 4.09. The molecule has 0 N–H and O–H groups in total. The average Bonchev–Trinajstić information content (AvgIpc) is 2.36. The molecule has 0 bridgehead atoms. The molecule has 2 aromatic rings. The van der Waals surface area contributed by atoms with Gasteiger partial charge < -0.3 is 4.74 Å². The van der Waals surface area contributed by atoms with Crippen LogP contribution in [0.25, 0.3) is 0 Å². The lowest BCUT2D eigenvalue weighted by molar-refractivity contribution is 0.301. The lowest BCUT2D eigenvalue weighted by atomic mass is 10.2. The van der Waals surface area contributed by atoms with Crippen molar-refractivity contribution in [3.8, 4) is 5.75 Å². The predicted molar refractivity (Wildman–Crippen MR) is 89.8 cm³/mol. The van der Waals surface area contributed by atoms with Crippen molar-refractivity contribution in [2.45, 2.75) is 12.5 Å². The van der Waals surface area contributed by atoms with Gasteiger partial charge in [0.25, 0.3) is 0 Å². The first-order valence-electron chi connectivity index (χ1n) is 5.61. The van der Waals surface area contributed by atoms with Gasteiger partial charge in [0.1, 0.15) is 18.2 Å². The molecule has 6 heteroatoms. The van der Waals surface area contributed by atoms with Gasteiger partial charge in [0.05, 0.1) is 8.95 Å². The van der Waals surface area contributed by atoms with Gasteiger partial charge in [-0.05, 0) is 73.3 Å². The van der Waals surface area contributed by atoms with Gasteiger partial charge in [-0.1, -0.05) is 15.9 Å². The van der Waals surface area contributed by atoms with Crippen molar-refractivity contribution in [1.29, 1.82) is 0 Å². The van der Waals surface area contributed by atoms with Gasteiger partial charge in [-0.15, -0.1) is 11.6 Å². The molecule has 0 saturated heterocycles. The highest BCUT2D eigenvalue weighted by Crippen LogP contribution is 2.35. The van der Waals surface area contributed by atoms with E-state index < -0.39 is 0 Å². The zero-order valence-corrected chi connectivity index (χ0v) is 15.6. The molecule has 0 aliphatic heterocycles. The Labute approximate surface area is 146 Å². The Kier molecular flexibility index (Phi) is 5.90. The third kappa shape index (κ3) is 4.20. The van der Waals surface area contributed by atoms with Gasteiger partial charge in [0, 0.05) is 10.4 Å². The van der Waals surface area contributed by atoms with E-state index in [1.165, 1.54) is 12.1 Å². The fourth-order valence-corrected chi connectivity index (χ4v) is 3.85. The van der Waals surface area contributed by atoms with Crippen LogP contribution < -0.4 is 4.74 Å². The largest absolute Gasteiger partial charge is 0.487 e. The monoisotopic (exact) mass is 484 g/mol. The molecule has 2 rings (SSSR count). The van der Waals surface area contributed by atoms with Crippen molar-refractivity contribution in [3.05, 3.63) is 60.7 Å². The van der Waals surface area contributed by atoms with Gasteiger partial charge in [0.15, 0.2) is 0 Å². The summed E-state index contributed by atoms with van der Waals surface area (Å²) in [5.41, 5.74) is 1.73. The first-order chi connectivity index (χ1) is 9.49. The van der Waals surface area contributed by atoms with Crippen molar-refractivity contribution >= 4 is 59.4 Å². The molecule has 1 nitrogen and oxygen atoms in total. The van der Waals surface area contributed by atoms with E-state index in [1.54, 1.807) is 0 Å². The van der Waals surface area contributed by atoms with Crippen LogP contribution in [-0.4, -0.2) is 0 Å². The van der Waals surface area contributed by atoms with Crippen LogP contribution >= 0.6 is 59.4 Å². The molecule has 0 aliphatic carbocycles. The minimum Gasteiger partial charge on any atom is -0.487 e. The molecule has 0 unspecified atom stereocenters. The minimum atomic E-state index is -0.298. The van der Waals surface area contributed by atoms with Crippen LogP contribution in [0, 0.1) is 5.82 Å². The number of halogens is 5. The maximum absolute atomic E-state index is 13.3. The fourth-order valence-electron chi connectivity index (χ4n) is 1.68. The van der Waals surface area contributed by atoms with E-state index in [0.717, 1.165) is 20.1 Å². The van der Waals surface area contributed by atoms with Crippen LogP contribution in [0.4, 0.5) is 4.39 Å². The Morgan fingerprint density at radius 1 is 0.950 bits per heavy atom. The van der Waals surface area contributed by atoms with Crippen molar-refractivity contribution < 1.29 is 9.13 Å². The fraction of sp³-hybridized carbons (Fsp3) is 0.143. The summed E-state index contributed by atoms with van der Waals surface area (Å²) in [6.07, 6.45) is 0. The van der Waals surface area contributed by atoms with E-state index >= 15 is 0 Å². The van der Waals surface area contributed by atoms with Gasteiger partial charge in [-0.25, -0.2) is 4.39 Å². The molecular weight excluding hydrogens is 478 g/mol. The minimum absolute atomic E-state index is 0.272. The molecule has 20 heavy (non-hydrogen) atoms. The maximum Gasteiger partial charge on any atom is 0.148 e. The van der Waals surface area contributed by atoms with Gasteiger partial charge in [-0.2, -0.15) is 0 Å². The van der Waals surface area contributed by atoms with Crippen LogP contribution in [0.2, 0.25) is 0 Å². The molecule has 0 saturated carbocycles. The summed E-state index contributed by atoms with van der Waals surface area (Å²) in [5.74, 6) is 0.793. The normalized spacial score (nSPS) is 10.7. The number of rotatable bonds is 4. The number of benzene rings is 2. The molecule has 0 fully saturated rings. The Morgan fingerprint density at radius 3 is 2.15 bits per heavy atom. The average molecular weight is 487 g/mol. The van der Waals surface area contributed by atoms with E-state index in [4.69, 9.17) is 16.3 Å². The Balaban J connectivity index is 2.18. The Morgan fingerprint density at radius 2 is 1.60 bits per heavy atom. The van der Waals surface area contributed by atoms with Crippen LogP contribution in [0.3, 0.4) is 0 Å². The number of hydrogen-bond donors (Lipinski definition) is 0. The molecule has 0 amide bonds. The quantitative estimate of drug-likeness (QED) is 0.452. The number of hydrogen-bond acceptors (Lipinski definition) is 1. The summed E-state index contributed by atoms with van der Waals surface area (Å²) in [6.45, 7) is 0.272. The van der Waals surface area contributed by atoms with Crippen molar-refractivity contribution in [1.82, 2.24) is 0 Å². The highest BCUT2D eigenvalue weighted by molar-refractivity contribution is 9.11. The molecule has 106 valence electrons. The summed E-state index contributed by atoms with van der Waals surface area (Å²) < 4.78 is 21.3. The third-order valence-electron chi connectivity index (χ3n) is 2.52. The van der Waals surface area contributed by atoms with E-state index in [1.807, 2.05) is 18.2 Å². The van der Waals surface area contributed by atoms with Crippen molar-refractivity contribution in [3.63, 3.8) is 0 Å². The van der Waals surface area contributed by atoms with Gasteiger partial charge >= 0.3 is 0 Å². The summed E-state index contributed by atoms with van der Waals surface area (Å²) in [7, 11) is 0. The zero-order chi connectivity index (χ0) is 14.7. The molecule has 0 aromatic heterocycles. The molecule has 0 heterocycles. The smallest absolute Gasteiger partial charge is 0.148 e. The third-order valence-corrected chi connectivity index (χ3v) is 4.46. The maximum atomic E-state index is 13.3. The van der Waals surface area contributed by atoms with Gasteiger partial charge in [0.2, 0.25) is 0 Å². The van der Waals surface area contributed by atoms with E-state index in [9.17, 15) is 4.39 Å². The van der Waals surface area contributed by atoms with Crippen molar-refractivity contribution in [2.75, 3.05) is 0 Å². The van der Waals surface area contributed by atoms with Crippen LogP contribution in [0.1, 0.15) is 11.1 Å². The zero-order valence-electron chi connectivity index (χ0n) is 10.1. The lowest BCUT2D eigenvalue weighted by Gasteiger charge is -2.12. The second kappa shape index (κ2) is 7.25. The van der Waals surface area contributed by atoms with Crippen LogP contribution in [-0.2, 0) is 12.5 Å². The Bertz CT molecular complexity index is 591. The molecule has 0 spiro atoms. The molecule has 0 aliphatic rings. The molecule has 0 atom stereocenters. The van der Waals surface area contributed by atoms with E-state index in [0.29, 0.717) is 16.1 Å². The van der Waals surface area contributed by atoms with Crippen LogP contribution in [0.15, 0.2) is 43.7 Å². The summed E-state index contributed by atoms with van der Waals surface area (Å²) >= 11 is 15.9. The lowest BCUT2D eigenvalue weighted by Crippen LogP contribution is -1.98. The molecular formula is C14H9Br3ClFO. The summed E-state index contributed by atoms with van der Waals surface area (Å²) in [4.78, 5) is 0. The van der Waals surface area contributed by atoms with E-state index in [2.05, 4.69) is 47.8 Å². The van der Waals surface area contributed by atoms with Gasteiger partial charge in [-0.3, -0.25) is 0 Å². The summed E-state index contributed by atoms with van der Waals surface area (Å²) in [5, 5.41) is 0. The molecule has 0 radical (unpaired) electrons. The number of ether oxygens (including phenoxy) is 1. The van der Waals surface area contributed by atoms with Crippen LogP contribution in [0.5, 0.6) is 5.75 Å². The summed E-state index contributed by atoms with van der Waals surface area (Å²) in [6, 6.07) is 8.46. The standard InChI is InChI=1S/C14H9Br3ClFO/c15-10-1-9(2-11(19)5-10)7-20-14-12(16)3-8(6-18)4-13(14)17/h1-5H,6-7H2. The molecule has 2 aromatic carbocycles. The SMILES string of the molecule is Fc1cc(Br)cc(COc2c(Br)cc(CCl)cc2Br)c1. The Hall–Kier alpha value is -0.100. The first-order valence-corrected chi connectivity index (χ1v) is 8.52. The predicted octanol–water partition coefficient (Wildman–Crippen LogP) is 6.43. The second-order valence-corrected chi connectivity index (χ2v) is 6.98. The topological polar surface area (TPSA) is 9.23 Å². The number of alkyl halides is 1. The highest BCUT2D eigenvalue weighted by atomic mass is 79.9.